The van der Waals surface area contributed by atoms with Crippen LogP contribution in [0.3, 0.4) is 0 Å². The largest absolute Gasteiger partial charge is 0.390 e. The van der Waals surface area contributed by atoms with Gasteiger partial charge in [-0.3, -0.25) is 0 Å². The number of aliphatic hydroxyl groups excluding tert-OH is 1. The predicted octanol–water partition coefficient (Wildman–Crippen LogP) is -0.611. The van der Waals surface area contributed by atoms with Gasteiger partial charge < -0.3 is 10.8 Å². The number of rotatable bonds is 2. The van der Waals surface area contributed by atoms with Crippen LogP contribution >= 0.6 is 0 Å². The smallest absolute Gasteiger partial charge is 0.115 e. The minimum Gasteiger partial charge on any atom is -0.390 e. The summed E-state index contributed by atoms with van der Waals surface area (Å²) in [6.07, 6.45) is 0.934. The van der Waals surface area contributed by atoms with Crippen molar-refractivity contribution < 1.29 is 10.8 Å². The normalized spacial score (nSPS) is 18.9. The molecule has 0 aromatic heterocycles. The van der Waals surface area contributed by atoms with Crippen LogP contribution < -0.4 is 5.73 Å². The van der Waals surface area contributed by atoms with Crippen molar-refractivity contribution in [3.8, 4) is 0 Å². The van der Waals surface area contributed by atoms with Crippen LogP contribution in [0.1, 0.15) is 20.3 Å². The molecule has 0 fully saturated rings. The summed E-state index contributed by atoms with van der Waals surface area (Å²) in [5.41, 5.74) is 3.65. The van der Waals surface area contributed by atoms with E-state index < -0.39 is 0 Å². The van der Waals surface area contributed by atoms with E-state index in [0.717, 1.165) is 6.42 Å². The first-order valence-corrected chi connectivity index (χ1v) is 2.58. The third-order valence-electron chi connectivity index (χ3n) is 1.24. The minimum absolute atomic E-state index is 0.111. The van der Waals surface area contributed by atoms with Crippen LogP contribution in [-0.2, 0) is 0 Å². The molecule has 0 saturated carbocycles. The lowest BCUT2D eigenvalue weighted by atomic mass is 10.0. The van der Waals surface area contributed by atoms with Crippen molar-refractivity contribution in [3.05, 3.63) is 0 Å². The van der Waals surface area contributed by atoms with Gasteiger partial charge in [0.2, 0.25) is 0 Å². The molecule has 0 spiro atoms. The molecule has 0 rings (SSSR count). The highest BCUT2D eigenvalue weighted by Crippen LogP contribution is 1.97. The summed E-state index contributed by atoms with van der Waals surface area (Å²) in [5, 5.41) is 8.53. The molecule has 2 heteroatoms. The van der Waals surface area contributed by atoms with E-state index in [9.17, 15) is 0 Å². The number of hydrogen-bond donors (Lipinski definition) is 2. The lowest BCUT2D eigenvalue weighted by molar-refractivity contribution is -0.478. The molecule has 0 heterocycles. The highest BCUT2D eigenvalue weighted by atomic mass is 16.3. The van der Waals surface area contributed by atoms with Crippen molar-refractivity contribution >= 4 is 0 Å². The number of quaternary nitrogens is 1. The van der Waals surface area contributed by atoms with E-state index in [1.54, 1.807) is 0 Å². The molecule has 0 aromatic carbocycles. The molecule has 0 bridgehead atoms. The Labute approximate surface area is 44.3 Å². The van der Waals surface area contributed by atoms with Crippen molar-refractivity contribution in [1.82, 2.24) is 0 Å². The molecule has 44 valence electrons. The number of aliphatic hydroxyl groups is 1. The van der Waals surface area contributed by atoms with E-state index in [2.05, 4.69) is 5.73 Å². The molecule has 2 nitrogen and oxygen atoms in total. The first kappa shape index (κ1) is 6.92. The Morgan fingerprint density at radius 1 is 1.71 bits per heavy atom. The minimum atomic E-state index is -0.111. The Hall–Kier alpha value is -0.0800. The predicted molar refractivity (Wildman–Crippen MR) is 28.7 cm³/mol. The van der Waals surface area contributed by atoms with Crippen LogP contribution in [0.15, 0.2) is 0 Å². The molecule has 0 aliphatic heterocycles. The fraction of sp³-hybridized carbons (Fsp3) is 1.00. The molecule has 7 heavy (non-hydrogen) atoms. The second kappa shape index (κ2) is 2.28. The van der Waals surface area contributed by atoms with Gasteiger partial charge in [0, 0.05) is 6.42 Å². The summed E-state index contributed by atoms with van der Waals surface area (Å²) in [4.78, 5) is 0. The maximum Gasteiger partial charge on any atom is 0.115 e. The van der Waals surface area contributed by atoms with E-state index in [1.165, 1.54) is 0 Å². The highest BCUT2D eigenvalue weighted by molar-refractivity contribution is 4.64. The Bertz CT molecular complexity index is 46.0. The van der Waals surface area contributed by atoms with Gasteiger partial charge in [-0.15, -0.1) is 0 Å². The molecule has 0 saturated heterocycles. The zero-order valence-electron chi connectivity index (χ0n) is 5.07. The van der Waals surface area contributed by atoms with Crippen molar-refractivity contribution in [3.63, 3.8) is 0 Å². The summed E-state index contributed by atoms with van der Waals surface area (Å²) >= 11 is 0. The zero-order valence-corrected chi connectivity index (χ0v) is 5.07. The molecule has 0 amide bonds. The molecular formula is C5H14NO+. The third kappa shape index (κ3) is 2.60. The van der Waals surface area contributed by atoms with E-state index in [0.29, 0.717) is 0 Å². The van der Waals surface area contributed by atoms with Crippen LogP contribution in [0.4, 0.5) is 0 Å². The summed E-state index contributed by atoms with van der Waals surface area (Å²) in [6.45, 7) is 4.14. The second-order valence-corrected chi connectivity index (χ2v) is 2.32. The first-order chi connectivity index (χ1) is 3.12. The Balaban J connectivity index is 3.36. The zero-order chi connectivity index (χ0) is 5.91. The third-order valence-corrected chi connectivity index (χ3v) is 1.24. The topological polar surface area (TPSA) is 47.9 Å². The van der Waals surface area contributed by atoms with Crippen molar-refractivity contribution in [1.29, 1.82) is 0 Å². The van der Waals surface area contributed by atoms with Crippen LogP contribution in [-0.4, -0.2) is 17.3 Å². The quantitative estimate of drug-likeness (QED) is 0.482. The highest BCUT2D eigenvalue weighted by Gasteiger charge is 2.16. The van der Waals surface area contributed by atoms with Crippen molar-refractivity contribution in [2.75, 3.05) is 6.61 Å². The van der Waals surface area contributed by atoms with E-state index in [1.807, 2.05) is 13.8 Å². The lowest BCUT2D eigenvalue weighted by Crippen LogP contribution is -2.72. The van der Waals surface area contributed by atoms with Crippen molar-refractivity contribution in [2.24, 2.45) is 0 Å². The molecule has 1 atom stereocenters. The molecule has 0 aliphatic rings. The molecule has 0 aliphatic carbocycles. The molecule has 0 aromatic rings. The van der Waals surface area contributed by atoms with E-state index >= 15 is 0 Å². The average molecular weight is 104 g/mol. The van der Waals surface area contributed by atoms with Gasteiger partial charge in [0.05, 0.1) is 6.61 Å². The Morgan fingerprint density at radius 2 is 2.14 bits per heavy atom. The van der Waals surface area contributed by atoms with Gasteiger partial charge in [-0.05, 0) is 6.92 Å². The fourth-order valence-electron chi connectivity index (χ4n) is 0.112. The summed E-state index contributed by atoms with van der Waals surface area (Å²) in [5.74, 6) is 0. The average Bonchev–Trinajstić information content (AvgIpc) is 1.68. The van der Waals surface area contributed by atoms with Gasteiger partial charge in [0.1, 0.15) is 5.54 Å². The summed E-state index contributed by atoms with van der Waals surface area (Å²) in [7, 11) is 0. The van der Waals surface area contributed by atoms with Gasteiger partial charge in [0.25, 0.3) is 0 Å². The van der Waals surface area contributed by atoms with E-state index in [-0.39, 0.29) is 12.1 Å². The van der Waals surface area contributed by atoms with Crippen LogP contribution in [0.5, 0.6) is 0 Å². The number of hydrogen-bond acceptors (Lipinski definition) is 1. The van der Waals surface area contributed by atoms with E-state index in [4.69, 9.17) is 5.11 Å². The van der Waals surface area contributed by atoms with Crippen molar-refractivity contribution in [2.45, 2.75) is 25.8 Å². The second-order valence-electron chi connectivity index (χ2n) is 2.32. The SMILES string of the molecule is CCC(C)([NH3+])CO. The van der Waals surface area contributed by atoms with Gasteiger partial charge >= 0.3 is 0 Å². The van der Waals surface area contributed by atoms with Gasteiger partial charge in [-0.25, -0.2) is 0 Å². The summed E-state index contributed by atoms with van der Waals surface area (Å²) < 4.78 is 0. The van der Waals surface area contributed by atoms with Crippen LogP contribution in [0.2, 0.25) is 0 Å². The van der Waals surface area contributed by atoms with Gasteiger partial charge in [-0.1, -0.05) is 6.92 Å². The molecular weight excluding hydrogens is 90.1 g/mol. The Kier molecular flexibility index (Phi) is 2.26. The van der Waals surface area contributed by atoms with Gasteiger partial charge in [-0.2, -0.15) is 0 Å². The first-order valence-electron chi connectivity index (χ1n) is 2.58. The maximum atomic E-state index is 8.53. The lowest BCUT2D eigenvalue weighted by Gasteiger charge is -2.13. The maximum absolute atomic E-state index is 8.53. The molecule has 1 unspecified atom stereocenters. The standard InChI is InChI=1S/C5H13NO/c1-3-5(2,6)4-7/h7H,3-4,6H2,1-2H3/p+1. The monoisotopic (exact) mass is 104 g/mol. The van der Waals surface area contributed by atoms with Crippen LogP contribution in [0.25, 0.3) is 0 Å². The van der Waals surface area contributed by atoms with Crippen LogP contribution in [0, 0.1) is 0 Å². The molecule has 4 N–H and O–H groups in total. The Morgan fingerprint density at radius 3 is 2.14 bits per heavy atom. The fourth-order valence-corrected chi connectivity index (χ4v) is 0.112. The van der Waals surface area contributed by atoms with Gasteiger partial charge in [0.15, 0.2) is 0 Å². The molecule has 0 radical (unpaired) electrons. The summed E-state index contributed by atoms with van der Waals surface area (Å²) in [6, 6.07) is 0.